The first-order valence-corrected chi connectivity index (χ1v) is 5.22. The Morgan fingerprint density at radius 1 is 1.57 bits per heavy atom. The summed E-state index contributed by atoms with van der Waals surface area (Å²) in [6.45, 7) is 0. The Morgan fingerprint density at radius 3 is 2.64 bits per heavy atom. The average molecular weight is 235 g/mol. The van der Waals surface area contributed by atoms with Crippen LogP contribution < -0.4 is 0 Å². The Bertz CT molecular complexity index is 327. The fourth-order valence-corrected chi connectivity index (χ4v) is 1.95. The molecule has 2 N–H and O–H groups in total. The Labute approximate surface area is 89.6 Å². The monoisotopic (exact) mass is 235 g/mol. The summed E-state index contributed by atoms with van der Waals surface area (Å²) in [7, 11) is 0. The predicted octanol–water partition coefficient (Wildman–Crippen LogP) is 0.980. The molecule has 0 aromatic carbocycles. The maximum atomic E-state index is 10.3. The largest absolute Gasteiger partial charge is 0.389 e. The van der Waals surface area contributed by atoms with E-state index >= 15 is 0 Å². The van der Waals surface area contributed by atoms with Gasteiger partial charge in [0.2, 0.25) is 0 Å². The zero-order valence-corrected chi connectivity index (χ0v) is 8.74. The van der Waals surface area contributed by atoms with Crippen LogP contribution in [-0.2, 0) is 0 Å². The minimum Gasteiger partial charge on any atom is -0.389 e. The third kappa shape index (κ3) is 2.44. The summed E-state index contributed by atoms with van der Waals surface area (Å²) < 4.78 is 0. The highest BCUT2D eigenvalue weighted by Gasteiger charge is 2.21. The Kier molecular flexibility index (Phi) is 3.87. The van der Waals surface area contributed by atoms with Gasteiger partial charge in [0, 0.05) is 16.7 Å². The molecule has 1 rings (SSSR count). The van der Waals surface area contributed by atoms with Crippen LogP contribution in [0.1, 0.15) is 11.0 Å². The second kappa shape index (κ2) is 4.74. The van der Waals surface area contributed by atoms with Gasteiger partial charge < -0.3 is 10.2 Å². The van der Waals surface area contributed by atoms with Crippen LogP contribution >= 0.6 is 24.0 Å². The van der Waals surface area contributed by atoms with E-state index in [0.717, 1.165) is 11.3 Å². The van der Waals surface area contributed by atoms with E-state index in [1.165, 1.54) is 12.1 Å². The smallest absolute Gasteiger partial charge is 0.324 e. The third-order valence-electron chi connectivity index (χ3n) is 1.64. The van der Waals surface area contributed by atoms with Gasteiger partial charge in [0.25, 0.3) is 0 Å². The first-order valence-electron chi connectivity index (χ1n) is 3.77. The van der Waals surface area contributed by atoms with Crippen molar-refractivity contribution in [2.75, 3.05) is 5.75 Å². The van der Waals surface area contributed by atoms with Gasteiger partial charge in [0.05, 0.1) is 11.0 Å². The number of aliphatic hydroxyl groups is 2. The van der Waals surface area contributed by atoms with Crippen molar-refractivity contribution in [1.29, 1.82) is 0 Å². The molecule has 2 atom stereocenters. The minimum absolute atomic E-state index is 0.0505. The predicted molar refractivity (Wildman–Crippen MR) is 55.8 cm³/mol. The number of thiol groups is 1. The molecule has 1 heterocycles. The van der Waals surface area contributed by atoms with Crippen molar-refractivity contribution in [1.82, 2.24) is 0 Å². The molecule has 0 saturated carbocycles. The van der Waals surface area contributed by atoms with Gasteiger partial charge in [-0.25, -0.2) is 0 Å². The van der Waals surface area contributed by atoms with E-state index in [4.69, 9.17) is 0 Å². The van der Waals surface area contributed by atoms with Crippen molar-refractivity contribution in [3.63, 3.8) is 0 Å². The summed E-state index contributed by atoms with van der Waals surface area (Å²) in [5, 5.41) is 29.0. The summed E-state index contributed by atoms with van der Waals surface area (Å²) in [6, 6.07) is 2.73. The van der Waals surface area contributed by atoms with E-state index in [2.05, 4.69) is 12.6 Å². The fourth-order valence-electron chi connectivity index (χ4n) is 0.889. The van der Waals surface area contributed by atoms with Crippen molar-refractivity contribution >= 4 is 29.0 Å². The van der Waals surface area contributed by atoms with Crippen LogP contribution in [0.25, 0.3) is 0 Å². The number of aliphatic hydroxyl groups excluding tert-OH is 2. The highest BCUT2D eigenvalue weighted by molar-refractivity contribution is 7.80. The zero-order valence-electron chi connectivity index (χ0n) is 7.03. The first kappa shape index (κ1) is 11.4. The van der Waals surface area contributed by atoms with Crippen LogP contribution in [-0.4, -0.2) is 27.0 Å². The van der Waals surface area contributed by atoms with E-state index in [9.17, 15) is 20.3 Å². The highest BCUT2D eigenvalue weighted by Crippen LogP contribution is 2.30. The lowest BCUT2D eigenvalue weighted by molar-refractivity contribution is -0.380. The van der Waals surface area contributed by atoms with Crippen LogP contribution in [0.15, 0.2) is 12.1 Å². The molecule has 0 fully saturated rings. The highest BCUT2D eigenvalue weighted by atomic mass is 32.1. The third-order valence-corrected chi connectivity index (χ3v) is 3.12. The Balaban J connectivity index is 2.81. The molecular formula is C7H9NO4S2. The molecule has 1 aromatic heterocycles. The van der Waals surface area contributed by atoms with Gasteiger partial charge >= 0.3 is 5.00 Å². The lowest BCUT2D eigenvalue weighted by Gasteiger charge is -2.12. The summed E-state index contributed by atoms with van der Waals surface area (Å²) in [4.78, 5) is 10.2. The van der Waals surface area contributed by atoms with Crippen molar-refractivity contribution < 1.29 is 15.1 Å². The molecule has 0 aliphatic heterocycles. The standard InChI is InChI=1S/C7H9NO4S2/c9-4(3-13)7(10)5-1-2-6(14-5)8(11)12/h1-2,4,7,9-10,13H,3H2. The summed E-state index contributed by atoms with van der Waals surface area (Å²) in [5.41, 5.74) is 0. The molecule has 7 heteroatoms. The molecule has 2 unspecified atom stereocenters. The molecule has 0 amide bonds. The zero-order chi connectivity index (χ0) is 10.7. The van der Waals surface area contributed by atoms with Gasteiger partial charge in [-0.1, -0.05) is 11.3 Å². The average Bonchev–Trinajstić information content (AvgIpc) is 2.64. The molecule has 0 radical (unpaired) electrons. The Hall–Kier alpha value is -0.630. The summed E-state index contributed by atoms with van der Waals surface area (Å²) in [5.74, 6) is 0.104. The van der Waals surface area contributed by atoms with Crippen LogP contribution in [0.2, 0.25) is 0 Å². The number of hydrogen-bond acceptors (Lipinski definition) is 6. The topological polar surface area (TPSA) is 83.6 Å². The van der Waals surface area contributed by atoms with E-state index in [-0.39, 0.29) is 10.8 Å². The van der Waals surface area contributed by atoms with Gasteiger partial charge in [-0.2, -0.15) is 12.6 Å². The molecule has 78 valence electrons. The molecule has 0 spiro atoms. The molecule has 0 aliphatic carbocycles. The fraction of sp³-hybridized carbons (Fsp3) is 0.429. The number of nitrogens with zero attached hydrogens (tertiary/aromatic N) is 1. The molecule has 0 aliphatic rings. The number of nitro groups is 1. The van der Waals surface area contributed by atoms with Gasteiger partial charge in [0.1, 0.15) is 6.10 Å². The second-order valence-corrected chi connectivity index (χ2v) is 4.09. The molecule has 0 saturated heterocycles. The summed E-state index contributed by atoms with van der Waals surface area (Å²) >= 11 is 4.66. The van der Waals surface area contributed by atoms with Crippen molar-refractivity contribution in [2.24, 2.45) is 0 Å². The van der Waals surface area contributed by atoms with Crippen LogP contribution in [0.5, 0.6) is 0 Å². The number of rotatable bonds is 4. The van der Waals surface area contributed by atoms with Gasteiger partial charge in [0.15, 0.2) is 0 Å². The summed E-state index contributed by atoms with van der Waals surface area (Å²) in [6.07, 6.45) is -2.11. The normalized spacial score (nSPS) is 15.1. The Morgan fingerprint density at radius 2 is 2.21 bits per heavy atom. The van der Waals surface area contributed by atoms with Crippen LogP contribution in [0, 0.1) is 10.1 Å². The molecular weight excluding hydrogens is 226 g/mol. The molecule has 14 heavy (non-hydrogen) atoms. The van der Waals surface area contributed by atoms with Crippen molar-refractivity contribution in [3.05, 3.63) is 27.1 Å². The number of thiophene rings is 1. The first-order chi connectivity index (χ1) is 6.56. The molecule has 0 bridgehead atoms. The van der Waals surface area contributed by atoms with Crippen molar-refractivity contribution in [3.8, 4) is 0 Å². The lowest BCUT2D eigenvalue weighted by Crippen LogP contribution is -2.18. The van der Waals surface area contributed by atoms with Gasteiger partial charge in [-0.15, -0.1) is 0 Å². The second-order valence-electron chi connectivity index (χ2n) is 2.63. The maximum absolute atomic E-state index is 10.3. The van der Waals surface area contributed by atoms with Gasteiger partial charge in [-0.05, 0) is 6.07 Å². The van der Waals surface area contributed by atoms with E-state index in [0.29, 0.717) is 4.88 Å². The van der Waals surface area contributed by atoms with E-state index in [1.54, 1.807) is 0 Å². The number of hydrogen-bond donors (Lipinski definition) is 3. The van der Waals surface area contributed by atoms with Crippen LogP contribution in [0.3, 0.4) is 0 Å². The lowest BCUT2D eigenvalue weighted by atomic mass is 10.2. The minimum atomic E-state index is -1.11. The van der Waals surface area contributed by atoms with Crippen molar-refractivity contribution in [2.45, 2.75) is 12.2 Å². The maximum Gasteiger partial charge on any atom is 0.324 e. The van der Waals surface area contributed by atoms with E-state index < -0.39 is 17.1 Å². The SMILES string of the molecule is O=[N+]([O-])c1ccc(C(O)C(O)CS)s1. The molecule has 1 aromatic rings. The quantitative estimate of drug-likeness (QED) is 0.412. The van der Waals surface area contributed by atoms with E-state index in [1.807, 2.05) is 0 Å². The molecule has 5 nitrogen and oxygen atoms in total. The van der Waals surface area contributed by atoms with Gasteiger partial charge in [-0.3, -0.25) is 10.1 Å². The van der Waals surface area contributed by atoms with Crippen LogP contribution in [0.4, 0.5) is 5.00 Å².